The maximum atomic E-state index is 12.2. The Morgan fingerprint density at radius 3 is 2.88 bits per heavy atom. The molecular weight excluding hydrogens is 324 g/mol. The molecule has 0 radical (unpaired) electrons. The van der Waals surface area contributed by atoms with Gasteiger partial charge in [-0.3, -0.25) is 4.79 Å². The molecule has 1 aromatic heterocycles. The lowest BCUT2D eigenvalue weighted by Gasteiger charge is -2.10. The van der Waals surface area contributed by atoms with Gasteiger partial charge in [-0.15, -0.1) is 0 Å². The number of hydrogen-bond acceptors (Lipinski definition) is 5. The first kappa shape index (κ1) is 18.0. The van der Waals surface area contributed by atoms with Gasteiger partial charge in [-0.2, -0.15) is 5.26 Å². The van der Waals surface area contributed by atoms with E-state index in [0.717, 1.165) is 16.5 Å². The van der Waals surface area contributed by atoms with Crippen LogP contribution in [0.4, 0.5) is 5.69 Å². The van der Waals surface area contributed by atoms with Gasteiger partial charge in [0, 0.05) is 19.3 Å². The van der Waals surface area contributed by atoms with E-state index in [0.29, 0.717) is 24.4 Å². The van der Waals surface area contributed by atoms with E-state index in [1.807, 2.05) is 13.8 Å². The number of aromatic nitrogens is 2. The Hall–Kier alpha value is -2.30. The molecule has 7 heteroatoms. The van der Waals surface area contributed by atoms with E-state index in [4.69, 9.17) is 10.00 Å². The highest BCUT2D eigenvalue weighted by atomic mass is 32.2. The number of thioether (sulfide) groups is 1. The van der Waals surface area contributed by atoms with Crippen molar-refractivity contribution in [1.29, 1.82) is 5.26 Å². The number of carbonyl (C=O) groups excluding carboxylic acids is 1. The van der Waals surface area contributed by atoms with Gasteiger partial charge in [-0.25, -0.2) is 4.98 Å². The van der Waals surface area contributed by atoms with Crippen molar-refractivity contribution < 1.29 is 9.53 Å². The topological polar surface area (TPSA) is 79.9 Å². The van der Waals surface area contributed by atoms with Gasteiger partial charge in [0.25, 0.3) is 0 Å². The molecule has 0 spiro atoms. The zero-order valence-electron chi connectivity index (χ0n) is 14.0. The van der Waals surface area contributed by atoms with E-state index < -0.39 is 0 Å². The van der Waals surface area contributed by atoms with E-state index in [2.05, 4.69) is 20.9 Å². The largest absolute Gasteiger partial charge is 0.383 e. The van der Waals surface area contributed by atoms with Crippen LogP contribution >= 0.6 is 11.8 Å². The molecule has 6 nitrogen and oxygen atoms in total. The third kappa shape index (κ3) is 4.37. The fraction of sp³-hybridized carbons (Fsp3) is 0.353. The van der Waals surface area contributed by atoms with Crippen LogP contribution in [0.15, 0.2) is 29.4 Å². The second-order valence-corrected chi connectivity index (χ2v) is 6.15. The molecule has 126 valence electrons. The number of methoxy groups -OCH3 is 1. The average molecular weight is 344 g/mol. The van der Waals surface area contributed by atoms with E-state index in [1.54, 1.807) is 31.4 Å². The number of nitriles is 1. The number of hydrogen-bond donors (Lipinski definition) is 1. The van der Waals surface area contributed by atoms with Crippen LogP contribution in [0.25, 0.3) is 0 Å². The third-order valence-electron chi connectivity index (χ3n) is 3.60. The van der Waals surface area contributed by atoms with Gasteiger partial charge in [-0.1, -0.05) is 23.9 Å². The van der Waals surface area contributed by atoms with Gasteiger partial charge in [0.1, 0.15) is 6.07 Å². The van der Waals surface area contributed by atoms with Crippen LogP contribution in [-0.4, -0.2) is 34.9 Å². The Morgan fingerprint density at radius 2 is 2.17 bits per heavy atom. The van der Waals surface area contributed by atoms with Crippen LogP contribution in [0, 0.1) is 25.2 Å². The molecule has 0 saturated heterocycles. The summed E-state index contributed by atoms with van der Waals surface area (Å²) in [6.45, 7) is 5.24. The first-order valence-electron chi connectivity index (χ1n) is 7.51. The van der Waals surface area contributed by atoms with E-state index in [-0.39, 0.29) is 11.7 Å². The highest BCUT2D eigenvalue weighted by molar-refractivity contribution is 7.99. The number of para-hydroxylation sites is 1. The minimum atomic E-state index is -0.167. The molecule has 0 fully saturated rings. The molecule has 0 aliphatic carbocycles. The van der Waals surface area contributed by atoms with Crippen molar-refractivity contribution in [2.24, 2.45) is 0 Å². The Morgan fingerprint density at radius 1 is 1.42 bits per heavy atom. The lowest BCUT2D eigenvalue weighted by Crippen LogP contribution is -2.16. The van der Waals surface area contributed by atoms with Crippen LogP contribution < -0.4 is 5.32 Å². The van der Waals surface area contributed by atoms with Crippen LogP contribution in [-0.2, 0) is 16.1 Å². The molecule has 0 saturated carbocycles. The Bertz CT molecular complexity index is 764. The van der Waals surface area contributed by atoms with Crippen molar-refractivity contribution in [2.75, 3.05) is 24.8 Å². The number of benzene rings is 1. The van der Waals surface area contributed by atoms with Gasteiger partial charge < -0.3 is 14.6 Å². The summed E-state index contributed by atoms with van der Waals surface area (Å²) in [6.07, 6.45) is 0. The quantitative estimate of drug-likeness (QED) is 0.781. The molecule has 1 heterocycles. The number of imidazole rings is 1. The number of nitrogens with one attached hydrogen (secondary N) is 1. The number of anilines is 1. The molecule has 1 aromatic carbocycles. The average Bonchev–Trinajstić information content (AvgIpc) is 2.85. The summed E-state index contributed by atoms with van der Waals surface area (Å²) in [5, 5.41) is 12.6. The number of carbonyl (C=O) groups is 1. The molecule has 0 aliphatic heterocycles. The van der Waals surface area contributed by atoms with Crippen molar-refractivity contribution in [3.05, 3.63) is 41.2 Å². The van der Waals surface area contributed by atoms with Crippen molar-refractivity contribution >= 4 is 23.4 Å². The Balaban J connectivity index is 2.02. The van der Waals surface area contributed by atoms with Crippen molar-refractivity contribution in [3.63, 3.8) is 0 Å². The molecule has 0 atom stereocenters. The van der Waals surface area contributed by atoms with Crippen LogP contribution in [0.5, 0.6) is 0 Å². The summed E-state index contributed by atoms with van der Waals surface area (Å²) in [6, 6.07) is 9.01. The SMILES string of the molecule is COCCn1c(SCC(=O)Nc2ccccc2C#N)nc(C)c1C. The normalized spacial score (nSPS) is 10.4. The Kier molecular flexibility index (Phi) is 6.41. The molecule has 24 heavy (non-hydrogen) atoms. The summed E-state index contributed by atoms with van der Waals surface area (Å²) < 4.78 is 7.18. The molecule has 2 aromatic rings. The fourth-order valence-electron chi connectivity index (χ4n) is 2.19. The minimum absolute atomic E-state index is 0.167. The van der Waals surface area contributed by atoms with Gasteiger partial charge in [0.05, 0.1) is 29.3 Å². The fourth-order valence-corrected chi connectivity index (χ4v) is 3.10. The Labute approximate surface area is 145 Å². The number of amides is 1. The second-order valence-electron chi connectivity index (χ2n) is 5.20. The zero-order chi connectivity index (χ0) is 17.5. The summed E-state index contributed by atoms with van der Waals surface area (Å²) in [5.74, 6) is 0.0575. The smallest absolute Gasteiger partial charge is 0.234 e. The predicted octanol–water partition coefficient (Wildman–Crippen LogP) is 2.75. The van der Waals surface area contributed by atoms with Crippen molar-refractivity contribution in [2.45, 2.75) is 25.5 Å². The number of aryl methyl sites for hydroxylation is 1. The van der Waals surface area contributed by atoms with E-state index >= 15 is 0 Å². The van der Waals surface area contributed by atoms with E-state index in [1.165, 1.54) is 11.8 Å². The monoisotopic (exact) mass is 344 g/mol. The molecule has 2 rings (SSSR count). The molecule has 0 unspecified atom stereocenters. The highest BCUT2D eigenvalue weighted by Crippen LogP contribution is 2.22. The predicted molar refractivity (Wildman–Crippen MR) is 94.1 cm³/mol. The summed E-state index contributed by atoms with van der Waals surface area (Å²) in [7, 11) is 1.66. The highest BCUT2D eigenvalue weighted by Gasteiger charge is 2.14. The lowest BCUT2D eigenvalue weighted by atomic mass is 10.2. The first-order valence-corrected chi connectivity index (χ1v) is 8.49. The summed E-state index contributed by atoms with van der Waals surface area (Å²) in [4.78, 5) is 16.7. The van der Waals surface area contributed by atoms with E-state index in [9.17, 15) is 4.79 Å². The van der Waals surface area contributed by atoms with Crippen LogP contribution in [0.2, 0.25) is 0 Å². The van der Waals surface area contributed by atoms with Gasteiger partial charge in [0.2, 0.25) is 5.91 Å². The zero-order valence-corrected chi connectivity index (χ0v) is 14.8. The minimum Gasteiger partial charge on any atom is -0.383 e. The van der Waals surface area contributed by atoms with Crippen molar-refractivity contribution in [3.8, 4) is 6.07 Å². The molecule has 1 amide bonds. The third-order valence-corrected chi connectivity index (χ3v) is 4.57. The summed E-state index contributed by atoms with van der Waals surface area (Å²) in [5.41, 5.74) is 3.00. The molecule has 1 N–H and O–H groups in total. The van der Waals surface area contributed by atoms with Gasteiger partial charge in [0.15, 0.2) is 5.16 Å². The summed E-state index contributed by atoms with van der Waals surface area (Å²) >= 11 is 1.37. The van der Waals surface area contributed by atoms with Crippen LogP contribution in [0.3, 0.4) is 0 Å². The maximum Gasteiger partial charge on any atom is 0.234 e. The lowest BCUT2D eigenvalue weighted by molar-refractivity contribution is -0.113. The van der Waals surface area contributed by atoms with Gasteiger partial charge in [-0.05, 0) is 26.0 Å². The molecular formula is C17H20N4O2S. The maximum absolute atomic E-state index is 12.2. The second kappa shape index (κ2) is 8.52. The number of ether oxygens (including phenoxy) is 1. The number of rotatable bonds is 7. The first-order chi connectivity index (χ1) is 11.6. The molecule has 0 bridgehead atoms. The van der Waals surface area contributed by atoms with Crippen LogP contribution in [0.1, 0.15) is 17.0 Å². The molecule has 0 aliphatic rings. The number of nitrogens with zero attached hydrogens (tertiary/aromatic N) is 3. The van der Waals surface area contributed by atoms with Crippen molar-refractivity contribution in [1.82, 2.24) is 9.55 Å². The van der Waals surface area contributed by atoms with Gasteiger partial charge >= 0.3 is 0 Å². The standard InChI is InChI=1S/C17H20N4O2S/c1-12-13(2)21(8-9-23-3)17(19-12)24-11-16(22)20-15-7-5-4-6-14(15)10-18/h4-7H,8-9,11H2,1-3H3,(H,20,22).